The molecule has 3 N–H and O–H groups in total. The average molecular weight is 509 g/mol. The fourth-order valence-corrected chi connectivity index (χ4v) is 6.47. The molecule has 2 aromatic carbocycles. The van der Waals surface area contributed by atoms with E-state index >= 15 is 0 Å². The summed E-state index contributed by atoms with van der Waals surface area (Å²) in [4.78, 5) is 21.2. The number of methoxy groups -OCH3 is 1. The quantitative estimate of drug-likeness (QED) is 0.487. The van der Waals surface area contributed by atoms with Crippen LogP contribution in [0.25, 0.3) is 10.9 Å². The van der Waals surface area contributed by atoms with Crippen molar-refractivity contribution in [3.05, 3.63) is 59.5 Å². The number of rotatable bonds is 5. The Morgan fingerprint density at radius 2 is 2.03 bits per heavy atom. The van der Waals surface area contributed by atoms with Gasteiger partial charge in [0.15, 0.2) is 0 Å². The summed E-state index contributed by atoms with van der Waals surface area (Å²) >= 11 is 0. The Labute approximate surface area is 215 Å². The van der Waals surface area contributed by atoms with Gasteiger partial charge in [0.05, 0.1) is 19.8 Å². The van der Waals surface area contributed by atoms with Crippen LogP contribution in [0.2, 0.25) is 0 Å². The first-order valence-electron chi connectivity index (χ1n) is 12.9. The molecule has 1 spiro atoms. The third-order valence-electron chi connectivity index (χ3n) is 8.17. The minimum absolute atomic E-state index is 0.227. The van der Waals surface area contributed by atoms with Crippen LogP contribution in [0.1, 0.15) is 30.1 Å². The molecule has 2 amide bonds. The average Bonchev–Trinajstić information content (AvgIpc) is 3.27. The third kappa shape index (κ3) is 4.35. The highest BCUT2D eigenvalue weighted by Crippen LogP contribution is 2.49. The van der Waals surface area contributed by atoms with Gasteiger partial charge in [0.1, 0.15) is 11.6 Å². The molecule has 0 bridgehead atoms. The number of aromatic amines is 1. The van der Waals surface area contributed by atoms with Crippen molar-refractivity contribution in [2.24, 2.45) is 5.92 Å². The SMILES string of the molecule is COc1ccc2c3c([nH]c2c1)[C@H](CO)N(C(=O)Nc1cccc(F)c1)CC31CN(CC2CCOCC2)C1. The largest absolute Gasteiger partial charge is 0.497 e. The fourth-order valence-electron chi connectivity index (χ4n) is 6.47. The minimum Gasteiger partial charge on any atom is -0.497 e. The van der Waals surface area contributed by atoms with Gasteiger partial charge < -0.3 is 34.7 Å². The number of fused-ring (bicyclic) bond motifs is 4. The van der Waals surface area contributed by atoms with Gasteiger partial charge in [-0.25, -0.2) is 9.18 Å². The maximum absolute atomic E-state index is 13.8. The zero-order valence-corrected chi connectivity index (χ0v) is 21.0. The van der Waals surface area contributed by atoms with Gasteiger partial charge in [-0.05, 0) is 54.7 Å². The lowest BCUT2D eigenvalue weighted by atomic mass is 9.68. The second-order valence-electron chi connectivity index (χ2n) is 10.6. The number of aromatic nitrogens is 1. The van der Waals surface area contributed by atoms with E-state index in [2.05, 4.69) is 21.3 Å². The number of carbonyl (C=O) groups excluding carboxylic acids is 1. The molecule has 0 aliphatic carbocycles. The molecule has 1 aromatic heterocycles. The number of hydrogen-bond donors (Lipinski definition) is 3. The summed E-state index contributed by atoms with van der Waals surface area (Å²) in [5.41, 5.74) is 3.09. The topological polar surface area (TPSA) is 90.1 Å². The van der Waals surface area contributed by atoms with Gasteiger partial charge >= 0.3 is 6.03 Å². The minimum atomic E-state index is -0.544. The van der Waals surface area contributed by atoms with Crippen LogP contribution in [0.5, 0.6) is 5.75 Å². The van der Waals surface area contributed by atoms with E-state index in [1.165, 1.54) is 17.7 Å². The predicted molar refractivity (Wildman–Crippen MR) is 138 cm³/mol. The van der Waals surface area contributed by atoms with Gasteiger partial charge in [0, 0.05) is 73.2 Å². The highest BCUT2D eigenvalue weighted by molar-refractivity contribution is 5.92. The Morgan fingerprint density at radius 3 is 2.76 bits per heavy atom. The number of likely N-dealkylation sites (tertiary alicyclic amines) is 1. The lowest BCUT2D eigenvalue weighted by Gasteiger charge is -2.56. The number of aliphatic hydroxyl groups excluding tert-OH is 1. The van der Waals surface area contributed by atoms with Crippen molar-refractivity contribution in [2.75, 3.05) is 58.4 Å². The molecule has 3 aliphatic heterocycles. The van der Waals surface area contributed by atoms with Gasteiger partial charge in [-0.15, -0.1) is 0 Å². The number of hydrogen-bond acceptors (Lipinski definition) is 5. The number of nitrogens with zero attached hydrogens (tertiary/aromatic N) is 2. The molecule has 196 valence electrons. The summed E-state index contributed by atoms with van der Waals surface area (Å²) in [5, 5.41) is 14.4. The van der Waals surface area contributed by atoms with Gasteiger partial charge in [0.25, 0.3) is 0 Å². The van der Waals surface area contributed by atoms with Crippen LogP contribution in [0.3, 0.4) is 0 Å². The van der Waals surface area contributed by atoms with E-state index in [0.717, 1.165) is 68.0 Å². The summed E-state index contributed by atoms with van der Waals surface area (Å²) in [6, 6.07) is 11.0. The molecule has 37 heavy (non-hydrogen) atoms. The van der Waals surface area contributed by atoms with Crippen LogP contribution in [0.4, 0.5) is 14.9 Å². The van der Waals surface area contributed by atoms with Crippen LogP contribution in [-0.2, 0) is 10.2 Å². The molecule has 0 saturated carbocycles. The highest BCUT2D eigenvalue weighted by atomic mass is 19.1. The molecule has 6 rings (SSSR count). The van der Waals surface area contributed by atoms with E-state index in [-0.39, 0.29) is 18.1 Å². The molecular formula is C28H33FN4O4. The standard InChI is InChI=1S/C28H33FN4O4/c1-36-21-5-6-22-23(12-21)31-26-24(14-34)33(27(35)30-20-4-2-3-19(29)11-20)17-28(25(22)26)15-32(16-28)13-18-7-9-37-10-8-18/h2-6,11-12,18,24,31,34H,7-10,13-17H2,1H3,(H,30,35)/t24-/m0/s1. The first-order chi connectivity index (χ1) is 18.0. The van der Waals surface area contributed by atoms with Gasteiger partial charge in [-0.3, -0.25) is 0 Å². The number of halogens is 1. The van der Waals surface area contributed by atoms with Crippen molar-refractivity contribution in [2.45, 2.75) is 24.3 Å². The molecule has 9 heteroatoms. The molecule has 0 unspecified atom stereocenters. The van der Waals surface area contributed by atoms with Crippen LogP contribution in [-0.4, -0.2) is 79.0 Å². The number of anilines is 1. The fraction of sp³-hybridized carbons (Fsp3) is 0.464. The summed E-state index contributed by atoms with van der Waals surface area (Å²) in [5.74, 6) is 0.955. The summed E-state index contributed by atoms with van der Waals surface area (Å²) in [6.45, 7) is 4.58. The van der Waals surface area contributed by atoms with E-state index in [1.54, 1.807) is 24.1 Å². The number of nitrogens with one attached hydrogen (secondary N) is 2. The van der Waals surface area contributed by atoms with Crippen molar-refractivity contribution in [1.29, 1.82) is 0 Å². The second-order valence-corrected chi connectivity index (χ2v) is 10.6. The maximum Gasteiger partial charge on any atom is 0.322 e. The number of ether oxygens (including phenoxy) is 2. The molecule has 4 heterocycles. The first-order valence-corrected chi connectivity index (χ1v) is 12.9. The molecule has 8 nitrogen and oxygen atoms in total. The Bertz CT molecular complexity index is 1300. The molecule has 3 aromatic rings. The summed E-state index contributed by atoms with van der Waals surface area (Å²) in [6.07, 6.45) is 2.16. The first kappa shape index (κ1) is 24.2. The molecular weight excluding hydrogens is 475 g/mol. The number of carbonyl (C=O) groups is 1. The number of aliphatic hydroxyl groups is 1. The van der Waals surface area contributed by atoms with E-state index < -0.39 is 11.9 Å². The van der Waals surface area contributed by atoms with Crippen LogP contribution < -0.4 is 10.1 Å². The van der Waals surface area contributed by atoms with Crippen molar-refractivity contribution in [3.8, 4) is 5.75 Å². The third-order valence-corrected chi connectivity index (χ3v) is 8.17. The molecule has 2 saturated heterocycles. The number of urea groups is 1. The Morgan fingerprint density at radius 1 is 1.22 bits per heavy atom. The lowest BCUT2D eigenvalue weighted by Crippen LogP contribution is -2.67. The van der Waals surface area contributed by atoms with Crippen molar-refractivity contribution >= 4 is 22.6 Å². The zero-order chi connectivity index (χ0) is 25.6. The van der Waals surface area contributed by atoms with Crippen molar-refractivity contribution in [3.63, 3.8) is 0 Å². The Hall–Kier alpha value is -3.14. The van der Waals surface area contributed by atoms with E-state index in [1.807, 2.05) is 12.1 Å². The second kappa shape index (κ2) is 9.63. The Balaban J connectivity index is 1.34. The van der Waals surface area contributed by atoms with Crippen molar-refractivity contribution < 1.29 is 23.8 Å². The van der Waals surface area contributed by atoms with E-state index in [9.17, 15) is 14.3 Å². The Kier molecular flexibility index (Phi) is 6.30. The number of H-pyrrole nitrogens is 1. The van der Waals surface area contributed by atoms with Crippen molar-refractivity contribution in [1.82, 2.24) is 14.8 Å². The van der Waals surface area contributed by atoms with Crippen LogP contribution in [0, 0.1) is 11.7 Å². The number of amides is 2. The maximum atomic E-state index is 13.8. The zero-order valence-electron chi connectivity index (χ0n) is 21.0. The summed E-state index contributed by atoms with van der Waals surface area (Å²) in [7, 11) is 1.64. The monoisotopic (exact) mass is 508 g/mol. The van der Waals surface area contributed by atoms with Crippen LogP contribution >= 0.6 is 0 Å². The predicted octanol–water partition coefficient (Wildman–Crippen LogP) is 3.88. The van der Waals surface area contributed by atoms with E-state index in [4.69, 9.17) is 9.47 Å². The van der Waals surface area contributed by atoms with Gasteiger partial charge in [0.2, 0.25) is 0 Å². The smallest absolute Gasteiger partial charge is 0.322 e. The van der Waals surface area contributed by atoms with Crippen LogP contribution in [0.15, 0.2) is 42.5 Å². The highest BCUT2D eigenvalue weighted by Gasteiger charge is 2.54. The molecule has 0 radical (unpaired) electrons. The van der Waals surface area contributed by atoms with Gasteiger partial charge in [-0.2, -0.15) is 0 Å². The molecule has 3 aliphatic rings. The number of benzene rings is 2. The normalized spacial score (nSPS) is 21.6. The summed E-state index contributed by atoms with van der Waals surface area (Å²) < 4.78 is 24.7. The van der Waals surface area contributed by atoms with Gasteiger partial charge in [-0.1, -0.05) is 6.07 Å². The lowest BCUT2D eigenvalue weighted by molar-refractivity contribution is -0.0119. The molecule has 2 fully saturated rings. The molecule has 1 atom stereocenters. The van der Waals surface area contributed by atoms with E-state index in [0.29, 0.717) is 18.2 Å².